The van der Waals surface area contributed by atoms with Gasteiger partial charge in [0.25, 0.3) is 0 Å². The van der Waals surface area contributed by atoms with Crippen LogP contribution in [0.25, 0.3) is 0 Å². The van der Waals surface area contributed by atoms with E-state index >= 15 is 0 Å². The lowest BCUT2D eigenvalue weighted by molar-refractivity contribution is 0.439. The minimum atomic E-state index is 0.579. The Morgan fingerprint density at radius 2 is 2.00 bits per heavy atom. The van der Waals surface area contributed by atoms with Crippen molar-refractivity contribution < 1.29 is 0 Å². The van der Waals surface area contributed by atoms with Gasteiger partial charge >= 0.3 is 0 Å². The van der Waals surface area contributed by atoms with Crippen molar-refractivity contribution in [1.82, 2.24) is 5.32 Å². The predicted octanol–water partition coefficient (Wildman–Crippen LogP) is 3.85. The van der Waals surface area contributed by atoms with E-state index in [0.717, 1.165) is 12.5 Å². The Hall–Kier alpha value is -0.820. The molecule has 0 spiro atoms. The molecule has 0 saturated carbocycles. The predicted molar refractivity (Wildman–Crippen MR) is 70.0 cm³/mol. The number of rotatable bonds is 2. The van der Waals surface area contributed by atoms with Crippen LogP contribution in [0.2, 0.25) is 0 Å². The second kappa shape index (κ2) is 4.58. The summed E-state index contributed by atoms with van der Waals surface area (Å²) in [6.07, 6.45) is 2.60. The van der Waals surface area contributed by atoms with Crippen LogP contribution >= 0.6 is 0 Å². The lowest BCUT2D eigenvalue weighted by Crippen LogP contribution is -2.26. The summed E-state index contributed by atoms with van der Waals surface area (Å²) < 4.78 is 0. The second-order valence-corrected chi connectivity index (χ2v) is 5.17. The van der Waals surface area contributed by atoms with Crippen LogP contribution in [0, 0.1) is 13.8 Å². The molecule has 1 aromatic carbocycles. The average molecular weight is 217 g/mol. The van der Waals surface area contributed by atoms with E-state index in [2.05, 4.69) is 45.1 Å². The highest BCUT2D eigenvalue weighted by atomic mass is 14.9. The molecule has 1 heteroatoms. The summed E-state index contributed by atoms with van der Waals surface area (Å²) in [7, 11) is 0. The highest BCUT2D eigenvalue weighted by molar-refractivity contribution is 5.43. The number of benzene rings is 1. The summed E-state index contributed by atoms with van der Waals surface area (Å²) >= 11 is 0. The third-order valence-electron chi connectivity index (χ3n) is 3.77. The van der Waals surface area contributed by atoms with Gasteiger partial charge < -0.3 is 5.32 Å². The van der Waals surface area contributed by atoms with Crippen LogP contribution in [0.4, 0.5) is 0 Å². The van der Waals surface area contributed by atoms with Gasteiger partial charge in [0.05, 0.1) is 0 Å². The zero-order valence-electron chi connectivity index (χ0n) is 10.9. The fourth-order valence-corrected chi connectivity index (χ4v) is 3.15. The van der Waals surface area contributed by atoms with E-state index in [-0.39, 0.29) is 0 Å². The molecule has 2 atom stereocenters. The maximum atomic E-state index is 3.62. The van der Waals surface area contributed by atoms with E-state index in [1.807, 2.05) is 0 Å². The Balaban J connectivity index is 2.47. The molecule has 1 aliphatic rings. The molecule has 2 unspecified atom stereocenters. The summed E-state index contributed by atoms with van der Waals surface area (Å²) in [6.45, 7) is 10.1. The van der Waals surface area contributed by atoms with Crippen molar-refractivity contribution in [3.63, 3.8) is 0 Å². The van der Waals surface area contributed by atoms with Crippen LogP contribution < -0.4 is 5.32 Å². The van der Waals surface area contributed by atoms with Gasteiger partial charge in [-0.25, -0.2) is 0 Å². The van der Waals surface area contributed by atoms with Crippen molar-refractivity contribution >= 4 is 0 Å². The fraction of sp³-hybridized carbons (Fsp3) is 0.600. The normalized spacial score (nSPS) is 24.2. The van der Waals surface area contributed by atoms with Gasteiger partial charge in [-0.1, -0.05) is 31.5 Å². The molecule has 2 rings (SSSR count). The van der Waals surface area contributed by atoms with Crippen LogP contribution in [0.5, 0.6) is 0 Å². The average Bonchev–Trinajstić information content (AvgIpc) is 2.21. The third-order valence-corrected chi connectivity index (χ3v) is 3.77. The van der Waals surface area contributed by atoms with Crippen molar-refractivity contribution in [1.29, 1.82) is 0 Å². The Kier molecular flexibility index (Phi) is 3.34. The molecular weight excluding hydrogens is 194 g/mol. The molecule has 0 saturated heterocycles. The lowest BCUT2D eigenvalue weighted by Gasteiger charge is -2.32. The molecule has 1 aliphatic carbocycles. The molecular formula is C15H23N. The number of aryl methyl sites for hydroxylation is 2. The summed E-state index contributed by atoms with van der Waals surface area (Å²) in [5.74, 6) is 0.727. The standard InChI is InChI=1S/C15H23N/c1-5-16-14-7-6-11(3)15-12(4)8-10(2)9-13(14)15/h8-9,11,14,16H,5-7H2,1-4H3. The van der Waals surface area contributed by atoms with Crippen LogP contribution in [-0.4, -0.2) is 6.54 Å². The van der Waals surface area contributed by atoms with Gasteiger partial charge in [-0.3, -0.25) is 0 Å². The first-order valence-electron chi connectivity index (χ1n) is 6.48. The van der Waals surface area contributed by atoms with E-state index in [0.29, 0.717) is 6.04 Å². The minimum Gasteiger partial charge on any atom is -0.310 e. The lowest BCUT2D eigenvalue weighted by atomic mass is 9.78. The summed E-state index contributed by atoms with van der Waals surface area (Å²) in [6, 6.07) is 5.28. The third kappa shape index (κ3) is 2.01. The van der Waals surface area contributed by atoms with Crippen LogP contribution in [-0.2, 0) is 0 Å². The van der Waals surface area contributed by atoms with E-state index in [1.54, 1.807) is 11.1 Å². The maximum absolute atomic E-state index is 3.62. The van der Waals surface area contributed by atoms with Crippen LogP contribution in [0.3, 0.4) is 0 Å². The summed E-state index contributed by atoms with van der Waals surface area (Å²) in [5.41, 5.74) is 6.03. The van der Waals surface area contributed by atoms with Crippen LogP contribution in [0.1, 0.15) is 60.9 Å². The smallest absolute Gasteiger partial charge is 0.0323 e. The van der Waals surface area contributed by atoms with Gasteiger partial charge in [-0.05, 0) is 55.8 Å². The zero-order chi connectivity index (χ0) is 11.7. The first-order chi connectivity index (χ1) is 7.63. The molecule has 1 N–H and O–H groups in total. The molecule has 0 aliphatic heterocycles. The topological polar surface area (TPSA) is 12.0 Å². The largest absolute Gasteiger partial charge is 0.310 e. The Labute approximate surface area is 99.3 Å². The minimum absolute atomic E-state index is 0.579. The van der Waals surface area contributed by atoms with E-state index in [1.165, 1.54) is 24.0 Å². The Morgan fingerprint density at radius 1 is 1.25 bits per heavy atom. The van der Waals surface area contributed by atoms with E-state index in [4.69, 9.17) is 0 Å². The SMILES string of the molecule is CCNC1CCC(C)c2c(C)cc(C)cc21. The van der Waals surface area contributed by atoms with Crippen molar-refractivity contribution in [3.8, 4) is 0 Å². The summed E-state index contributed by atoms with van der Waals surface area (Å²) in [4.78, 5) is 0. The van der Waals surface area contributed by atoms with Crippen molar-refractivity contribution in [2.24, 2.45) is 0 Å². The highest BCUT2D eigenvalue weighted by Gasteiger charge is 2.25. The van der Waals surface area contributed by atoms with Crippen molar-refractivity contribution in [3.05, 3.63) is 34.4 Å². The molecule has 1 nitrogen and oxygen atoms in total. The molecule has 0 fully saturated rings. The Morgan fingerprint density at radius 3 is 2.69 bits per heavy atom. The van der Waals surface area contributed by atoms with Gasteiger partial charge in [0.15, 0.2) is 0 Å². The molecule has 0 heterocycles. The van der Waals surface area contributed by atoms with E-state index < -0.39 is 0 Å². The molecule has 0 bridgehead atoms. The van der Waals surface area contributed by atoms with Gasteiger partial charge in [-0.15, -0.1) is 0 Å². The monoisotopic (exact) mass is 217 g/mol. The first-order valence-corrected chi connectivity index (χ1v) is 6.48. The number of nitrogens with one attached hydrogen (secondary N) is 1. The fourth-order valence-electron chi connectivity index (χ4n) is 3.15. The second-order valence-electron chi connectivity index (χ2n) is 5.17. The van der Waals surface area contributed by atoms with Crippen LogP contribution in [0.15, 0.2) is 12.1 Å². The quantitative estimate of drug-likeness (QED) is 0.793. The van der Waals surface area contributed by atoms with Gasteiger partial charge in [0, 0.05) is 6.04 Å². The maximum Gasteiger partial charge on any atom is 0.0323 e. The molecule has 0 radical (unpaired) electrons. The van der Waals surface area contributed by atoms with Gasteiger partial charge in [-0.2, -0.15) is 0 Å². The number of hydrogen-bond acceptors (Lipinski definition) is 1. The number of hydrogen-bond donors (Lipinski definition) is 1. The molecule has 0 amide bonds. The molecule has 88 valence electrons. The summed E-state index contributed by atoms with van der Waals surface area (Å²) in [5, 5.41) is 3.62. The molecule has 16 heavy (non-hydrogen) atoms. The molecule has 1 aromatic rings. The Bertz CT molecular complexity index is 381. The zero-order valence-corrected chi connectivity index (χ0v) is 10.9. The van der Waals surface area contributed by atoms with Crippen molar-refractivity contribution in [2.45, 2.75) is 52.5 Å². The van der Waals surface area contributed by atoms with Gasteiger partial charge in [0.2, 0.25) is 0 Å². The number of fused-ring (bicyclic) bond motifs is 1. The molecule has 0 aromatic heterocycles. The highest BCUT2D eigenvalue weighted by Crippen LogP contribution is 2.39. The first kappa shape index (κ1) is 11.7. The van der Waals surface area contributed by atoms with E-state index in [9.17, 15) is 0 Å². The van der Waals surface area contributed by atoms with Gasteiger partial charge in [0.1, 0.15) is 0 Å². The van der Waals surface area contributed by atoms with Crippen molar-refractivity contribution in [2.75, 3.05) is 6.54 Å².